The summed E-state index contributed by atoms with van der Waals surface area (Å²) in [5.74, 6) is 0.0941. The number of nitrogens with zero attached hydrogens (tertiary/aromatic N) is 3. The van der Waals surface area contributed by atoms with E-state index >= 15 is 0 Å². The second-order valence-corrected chi connectivity index (χ2v) is 8.88. The lowest BCUT2D eigenvalue weighted by Gasteiger charge is -2.23. The highest BCUT2D eigenvalue weighted by Crippen LogP contribution is 2.33. The van der Waals surface area contributed by atoms with Crippen molar-refractivity contribution in [2.45, 2.75) is 19.8 Å². The highest BCUT2D eigenvalue weighted by molar-refractivity contribution is 6.02. The molecule has 1 fully saturated rings. The molecule has 2 aromatic heterocycles. The van der Waals surface area contributed by atoms with Crippen molar-refractivity contribution in [2.75, 3.05) is 30.4 Å². The number of carbonyl (C=O) groups excluding carboxylic acids is 2. The first-order valence-corrected chi connectivity index (χ1v) is 11.7. The van der Waals surface area contributed by atoms with Gasteiger partial charge < -0.3 is 25.8 Å². The summed E-state index contributed by atoms with van der Waals surface area (Å²) >= 11 is 0. The number of para-hydroxylation sites is 1. The molecule has 3 heterocycles. The number of H-pyrrole nitrogens is 1. The zero-order valence-corrected chi connectivity index (χ0v) is 19.8. The normalized spacial score (nSPS) is 13.3. The van der Waals surface area contributed by atoms with Gasteiger partial charge in [-0.25, -0.2) is 4.98 Å². The maximum Gasteiger partial charge on any atom is 0.254 e. The first-order valence-electron chi connectivity index (χ1n) is 11.7. The molecule has 0 atom stereocenters. The van der Waals surface area contributed by atoms with Crippen LogP contribution in [0, 0.1) is 6.92 Å². The number of fused-ring (bicyclic) bond motifs is 1. The molecule has 5 rings (SSSR count). The molecule has 8 heteroatoms. The highest BCUT2D eigenvalue weighted by atomic mass is 16.2. The lowest BCUT2D eigenvalue weighted by atomic mass is 10.1. The monoisotopic (exact) mass is 468 g/mol. The number of aromatic nitrogens is 2. The maximum absolute atomic E-state index is 12.8. The number of aromatic amines is 1. The number of aryl methyl sites for hydroxylation is 1. The van der Waals surface area contributed by atoms with Crippen LogP contribution in [0.25, 0.3) is 10.9 Å². The summed E-state index contributed by atoms with van der Waals surface area (Å²) in [7, 11) is 1.89. The first-order chi connectivity index (χ1) is 16.9. The summed E-state index contributed by atoms with van der Waals surface area (Å²) in [6.07, 6.45) is 5.50. The minimum Gasteiger partial charge on any atom is -0.365 e. The lowest BCUT2D eigenvalue weighted by molar-refractivity contribution is 0.0792. The van der Waals surface area contributed by atoms with Gasteiger partial charge in [0, 0.05) is 55.2 Å². The molecule has 35 heavy (non-hydrogen) atoms. The molecule has 0 aliphatic carbocycles. The van der Waals surface area contributed by atoms with E-state index in [4.69, 9.17) is 5.73 Å². The van der Waals surface area contributed by atoms with Crippen LogP contribution >= 0.6 is 0 Å². The molecule has 1 aliphatic rings. The third kappa shape index (κ3) is 4.30. The van der Waals surface area contributed by atoms with Crippen LogP contribution in [-0.4, -0.2) is 46.8 Å². The number of likely N-dealkylation sites (tertiary alicyclic amines) is 1. The Morgan fingerprint density at radius 1 is 1.06 bits per heavy atom. The molecular formula is C27H28N6O2. The standard InChI is InChI=1S/C27H28N6O2/c1-17-14-19(8-9-20(17)27(35)33-12-3-4-13-33)31-24-15-23(21(16-30-24)26(28)34)32(2)22-7-5-6-18-10-11-29-25(18)22/h5-11,14-16,29H,3-4,12-13H2,1-2H3,(H2,28,34)(H,30,31). The number of nitrogens with one attached hydrogen (secondary N) is 2. The van der Waals surface area contributed by atoms with Gasteiger partial charge in [-0.15, -0.1) is 0 Å². The Balaban J connectivity index is 1.45. The molecule has 0 saturated carbocycles. The number of rotatable bonds is 6. The molecule has 8 nitrogen and oxygen atoms in total. The molecule has 1 saturated heterocycles. The van der Waals surface area contributed by atoms with Gasteiger partial charge in [0.2, 0.25) is 0 Å². The van der Waals surface area contributed by atoms with Crippen LogP contribution in [0.3, 0.4) is 0 Å². The van der Waals surface area contributed by atoms with E-state index in [1.165, 1.54) is 6.20 Å². The van der Waals surface area contributed by atoms with Gasteiger partial charge in [0.1, 0.15) is 5.82 Å². The third-order valence-corrected chi connectivity index (χ3v) is 6.56. The second kappa shape index (κ2) is 9.13. The Morgan fingerprint density at radius 3 is 2.60 bits per heavy atom. The van der Waals surface area contributed by atoms with E-state index in [2.05, 4.69) is 15.3 Å². The Morgan fingerprint density at radius 2 is 1.86 bits per heavy atom. The van der Waals surface area contributed by atoms with Crippen molar-refractivity contribution in [3.05, 3.63) is 77.6 Å². The molecule has 4 aromatic rings. The van der Waals surface area contributed by atoms with E-state index in [0.717, 1.165) is 53.8 Å². The largest absolute Gasteiger partial charge is 0.365 e. The highest BCUT2D eigenvalue weighted by Gasteiger charge is 2.21. The van der Waals surface area contributed by atoms with Gasteiger partial charge in [0.25, 0.3) is 11.8 Å². The molecule has 0 radical (unpaired) electrons. The van der Waals surface area contributed by atoms with Crippen molar-refractivity contribution in [1.82, 2.24) is 14.9 Å². The first kappa shape index (κ1) is 22.5. The van der Waals surface area contributed by atoms with Gasteiger partial charge >= 0.3 is 0 Å². The summed E-state index contributed by atoms with van der Waals surface area (Å²) < 4.78 is 0. The van der Waals surface area contributed by atoms with Crippen LogP contribution < -0.4 is 16.0 Å². The summed E-state index contributed by atoms with van der Waals surface area (Å²) in [4.78, 5) is 36.5. The summed E-state index contributed by atoms with van der Waals surface area (Å²) in [6.45, 7) is 3.58. The number of hydrogen-bond donors (Lipinski definition) is 3. The molecule has 1 aliphatic heterocycles. The van der Waals surface area contributed by atoms with Crippen molar-refractivity contribution >= 4 is 45.6 Å². The molecule has 2 aromatic carbocycles. The van der Waals surface area contributed by atoms with Crippen molar-refractivity contribution < 1.29 is 9.59 Å². The van der Waals surface area contributed by atoms with Crippen molar-refractivity contribution in [1.29, 1.82) is 0 Å². The maximum atomic E-state index is 12.8. The molecule has 0 bridgehead atoms. The van der Waals surface area contributed by atoms with E-state index in [9.17, 15) is 9.59 Å². The summed E-state index contributed by atoms with van der Waals surface area (Å²) in [5.41, 5.74) is 10.9. The number of hydrogen-bond acceptors (Lipinski definition) is 5. The topological polar surface area (TPSA) is 107 Å². The Kier molecular flexibility index (Phi) is 5.86. The van der Waals surface area contributed by atoms with E-state index in [0.29, 0.717) is 22.6 Å². The van der Waals surface area contributed by atoms with Gasteiger partial charge in [-0.2, -0.15) is 0 Å². The van der Waals surface area contributed by atoms with Crippen LogP contribution in [-0.2, 0) is 0 Å². The number of pyridine rings is 1. The van der Waals surface area contributed by atoms with Gasteiger partial charge in [0.15, 0.2) is 0 Å². The van der Waals surface area contributed by atoms with Crippen molar-refractivity contribution in [3.8, 4) is 0 Å². The number of primary amides is 1. The van der Waals surface area contributed by atoms with E-state index in [1.807, 2.05) is 72.4 Å². The van der Waals surface area contributed by atoms with Gasteiger partial charge in [-0.1, -0.05) is 12.1 Å². The summed E-state index contributed by atoms with van der Waals surface area (Å²) in [5, 5.41) is 4.37. The molecule has 0 unspecified atom stereocenters. The predicted octanol–water partition coefficient (Wildman–Crippen LogP) is 4.72. The van der Waals surface area contributed by atoms with Crippen LogP contribution in [0.4, 0.5) is 22.9 Å². The zero-order valence-electron chi connectivity index (χ0n) is 19.8. The second-order valence-electron chi connectivity index (χ2n) is 8.88. The van der Waals surface area contributed by atoms with E-state index in [-0.39, 0.29) is 5.91 Å². The molecule has 4 N–H and O–H groups in total. The fourth-order valence-electron chi connectivity index (χ4n) is 4.68. The number of anilines is 4. The fourth-order valence-corrected chi connectivity index (χ4v) is 4.68. The Bertz CT molecular complexity index is 1420. The zero-order chi connectivity index (χ0) is 24.5. The Hall–Kier alpha value is -4.33. The molecular weight excluding hydrogens is 440 g/mol. The predicted molar refractivity (Wildman–Crippen MR) is 139 cm³/mol. The SMILES string of the molecule is Cc1cc(Nc2cc(N(C)c3cccc4cc[nH]c34)c(C(N)=O)cn2)ccc1C(=O)N1CCCC1. The van der Waals surface area contributed by atoms with Crippen LogP contribution in [0.1, 0.15) is 39.1 Å². The van der Waals surface area contributed by atoms with Crippen LogP contribution in [0.2, 0.25) is 0 Å². The third-order valence-electron chi connectivity index (χ3n) is 6.56. The number of amides is 2. The quantitative estimate of drug-likeness (QED) is 0.380. The fraction of sp³-hybridized carbons (Fsp3) is 0.222. The Labute approximate surface area is 203 Å². The van der Waals surface area contributed by atoms with Crippen molar-refractivity contribution in [2.24, 2.45) is 5.73 Å². The molecule has 0 spiro atoms. The molecule has 2 amide bonds. The van der Waals surface area contributed by atoms with Gasteiger partial charge in [-0.3, -0.25) is 9.59 Å². The summed E-state index contributed by atoms with van der Waals surface area (Å²) in [6, 6.07) is 15.5. The molecule has 178 valence electrons. The smallest absolute Gasteiger partial charge is 0.254 e. The van der Waals surface area contributed by atoms with Crippen LogP contribution in [0.5, 0.6) is 0 Å². The number of nitrogens with two attached hydrogens (primary N) is 1. The minimum absolute atomic E-state index is 0.0814. The average molecular weight is 469 g/mol. The number of carbonyl (C=O) groups is 2. The number of benzene rings is 2. The van der Waals surface area contributed by atoms with Gasteiger partial charge in [0.05, 0.1) is 22.5 Å². The van der Waals surface area contributed by atoms with Gasteiger partial charge in [-0.05, 0) is 55.7 Å². The lowest BCUT2D eigenvalue weighted by Crippen LogP contribution is -2.28. The van der Waals surface area contributed by atoms with E-state index < -0.39 is 5.91 Å². The van der Waals surface area contributed by atoms with E-state index in [1.54, 1.807) is 6.07 Å². The average Bonchev–Trinajstić information content (AvgIpc) is 3.55. The minimum atomic E-state index is -0.551. The van der Waals surface area contributed by atoms with Crippen molar-refractivity contribution in [3.63, 3.8) is 0 Å². The van der Waals surface area contributed by atoms with Crippen LogP contribution in [0.15, 0.2) is 60.9 Å².